The van der Waals surface area contributed by atoms with E-state index in [1.807, 2.05) is 0 Å². The molecule has 0 saturated carbocycles. The van der Waals surface area contributed by atoms with E-state index in [0.717, 1.165) is 6.07 Å². The average Bonchev–Trinajstić information content (AvgIpc) is 2.45. The van der Waals surface area contributed by atoms with Crippen molar-refractivity contribution in [1.29, 1.82) is 0 Å². The third kappa shape index (κ3) is 3.04. The number of esters is 1. The molecule has 1 aromatic heterocycles. The van der Waals surface area contributed by atoms with E-state index in [2.05, 4.69) is 9.72 Å². The highest BCUT2D eigenvalue weighted by molar-refractivity contribution is 5.89. The molecule has 3 nitrogen and oxygen atoms in total. The number of carbonyl (C=O) groups is 1. The maximum absolute atomic E-state index is 13.0. The number of aryl methyl sites for hydroxylation is 1. The molecule has 110 valence electrons. The topological polar surface area (TPSA) is 39.2 Å². The average molecular weight is 295 g/mol. The van der Waals surface area contributed by atoms with Crippen molar-refractivity contribution in [2.45, 2.75) is 13.1 Å². The molecule has 0 aliphatic rings. The van der Waals surface area contributed by atoms with Gasteiger partial charge in [-0.3, -0.25) is 0 Å². The largest absolute Gasteiger partial charge is 0.464 e. The lowest BCUT2D eigenvalue weighted by Gasteiger charge is -2.13. The maximum atomic E-state index is 13.0. The second-order valence-corrected chi connectivity index (χ2v) is 4.42. The smallest absolute Gasteiger partial charge is 0.417 e. The summed E-state index contributed by atoms with van der Waals surface area (Å²) in [6, 6.07) is 6.73. The number of pyridine rings is 1. The first-order valence-corrected chi connectivity index (χ1v) is 6.06. The van der Waals surface area contributed by atoms with Crippen LogP contribution >= 0.6 is 0 Å². The molecule has 0 bridgehead atoms. The number of aromatic nitrogens is 1. The summed E-state index contributed by atoms with van der Waals surface area (Å²) in [5.41, 5.74) is 0.129. The molecule has 0 unspecified atom stereocenters. The number of carbonyl (C=O) groups excluding carboxylic acids is 1. The summed E-state index contributed by atoms with van der Waals surface area (Å²) in [6.07, 6.45) is -3.21. The number of halogens is 3. The minimum atomic E-state index is -4.45. The van der Waals surface area contributed by atoms with Crippen LogP contribution in [0.1, 0.15) is 21.6 Å². The van der Waals surface area contributed by atoms with Crippen LogP contribution in [0.15, 0.2) is 36.5 Å². The van der Waals surface area contributed by atoms with Gasteiger partial charge in [0.1, 0.15) is 0 Å². The van der Waals surface area contributed by atoms with E-state index < -0.39 is 17.7 Å². The molecule has 0 spiro atoms. The number of hydrogen-bond donors (Lipinski definition) is 0. The summed E-state index contributed by atoms with van der Waals surface area (Å²) in [4.78, 5) is 15.4. The molecule has 0 saturated heterocycles. The Labute approximate surface area is 119 Å². The molecule has 0 aliphatic carbocycles. The maximum Gasteiger partial charge on any atom is 0.417 e. The summed E-state index contributed by atoms with van der Waals surface area (Å²) >= 11 is 0. The summed E-state index contributed by atoms with van der Waals surface area (Å²) in [5.74, 6) is -0.622. The molecule has 0 atom stereocenters. The van der Waals surface area contributed by atoms with Gasteiger partial charge in [-0.15, -0.1) is 0 Å². The van der Waals surface area contributed by atoms with Crippen molar-refractivity contribution in [2.75, 3.05) is 7.11 Å². The van der Waals surface area contributed by atoms with Gasteiger partial charge in [0.15, 0.2) is 5.69 Å². The van der Waals surface area contributed by atoms with Gasteiger partial charge in [0.05, 0.1) is 12.7 Å². The van der Waals surface area contributed by atoms with E-state index in [1.54, 1.807) is 6.92 Å². The zero-order chi connectivity index (χ0) is 15.6. The first-order valence-electron chi connectivity index (χ1n) is 6.06. The summed E-state index contributed by atoms with van der Waals surface area (Å²) in [6.45, 7) is 1.60. The van der Waals surface area contributed by atoms with Gasteiger partial charge >= 0.3 is 12.1 Å². The second-order valence-electron chi connectivity index (χ2n) is 4.42. The first kappa shape index (κ1) is 15.0. The van der Waals surface area contributed by atoms with Crippen LogP contribution in [-0.4, -0.2) is 18.1 Å². The summed E-state index contributed by atoms with van der Waals surface area (Å²) in [5, 5.41) is 0. The van der Waals surface area contributed by atoms with Crippen molar-refractivity contribution < 1.29 is 22.7 Å². The first-order chi connectivity index (χ1) is 9.84. The molecule has 0 N–H and O–H groups in total. The molecule has 1 aromatic carbocycles. The molecule has 0 aliphatic heterocycles. The number of alkyl halides is 3. The third-order valence-corrected chi connectivity index (χ3v) is 3.00. The Kier molecular flexibility index (Phi) is 3.97. The van der Waals surface area contributed by atoms with E-state index in [0.29, 0.717) is 11.1 Å². The number of ether oxygens (including phenoxy) is 1. The van der Waals surface area contributed by atoms with Gasteiger partial charge in [-0.2, -0.15) is 13.2 Å². The highest BCUT2D eigenvalue weighted by atomic mass is 19.4. The van der Waals surface area contributed by atoms with Crippen LogP contribution in [0.3, 0.4) is 0 Å². The molecular weight excluding hydrogens is 283 g/mol. The van der Waals surface area contributed by atoms with Crippen molar-refractivity contribution in [2.24, 2.45) is 0 Å². The van der Waals surface area contributed by atoms with Crippen molar-refractivity contribution >= 4 is 5.97 Å². The summed E-state index contributed by atoms with van der Waals surface area (Å²) in [7, 11) is 1.22. The molecule has 6 heteroatoms. The molecule has 21 heavy (non-hydrogen) atoms. The van der Waals surface area contributed by atoms with Crippen molar-refractivity contribution in [3.05, 3.63) is 53.3 Å². The van der Waals surface area contributed by atoms with Crippen molar-refractivity contribution in [3.8, 4) is 11.1 Å². The third-order valence-electron chi connectivity index (χ3n) is 3.00. The lowest BCUT2D eigenvalue weighted by Crippen LogP contribution is -2.09. The van der Waals surface area contributed by atoms with Crippen LogP contribution in [0.2, 0.25) is 0 Å². The fraction of sp³-hybridized carbons (Fsp3) is 0.200. The lowest BCUT2D eigenvalue weighted by atomic mass is 9.99. The zero-order valence-corrected chi connectivity index (χ0v) is 11.4. The molecule has 1 heterocycles. The Bertz CT molecular complexity index is 681. The highest BCUT2D eigenvalue weighted by Gasteiger charge is 2.33. The molecule has 0 radical (unpaired) electrons. The van der Waals surface area contributed by atoms with Crippen LogP contribution in [-0.2, 0) is 10.9 Å². The van der Waals surface area contributed by atoms with Crippen LogP contribution in [0.5, 0.6) is 0 Å². The second kappa shape index (κ2) is 5.55. The summed E-state index contributed by atoms with van der Waals surface area (Å²) < 4.78 is 43.6. The Morgan fingerprint density at radius 2 is 1.90 bits per heavy atom. The van der Waals surface area contributed by atoms with E-state index >= 15 is 0 Å². The number of methoxy groups -OCH3 is 1. The fourth-order valence-electron chi connectivity index (χ4n) is 2.01. The number of rotatable bonds is 2. The fourth-order valence-corrected chi connectivity index (χ4v) is 2.01. The van der Waals surface area contributed by atoms with E-state index in [4.69, 9.17) is 0 Å². The zero-order valence-electron chi connectivity index (χ0n) is 11.4. The Balaban J connectivity index is 2.54. The number of hydrogen-bond acceptors (Lipinski definition) is 3. The number of nitrogens with zero attached hydrogens (tertiary/aromatic N) is 1. The monoisotopic (exact) mass is 295 g/mol. The quantitative estimate of drug-likeness (QED) is 0.790. The molecular formula is C15H12F3NO2. The van der Waals surface area contributed by atoms with Gasteiger partial charge < -0.3 is 4.74 Å². The van der Waals surface area contributed by atoms with E-state index in [1.165, 1.54) is 37.6 Å². The van der Waals surface area contributed by atoms with Crippen LogP contribution in [0.25, 0.3) is 11.1 Å². The predicted molar refractivity (Wildman–Crippen MR) is 70.8 cm³/mol. The molecule has 0 fully saturated rings. The van der Waals surface area contributed by atoms with Crippen molar-refractivity contribution in [3.63, 3.8) is 0 Å². The minimum absolute atomic E-state index is 0.0250. The van der Waals surface area contributed by atoms with Gasteiger partial charge in [-0.1, -0.05) is 18.2 Å². The number of benzene rings is 1. The normalized spacial score (nSPS) is 11.3. The molecule has 0 amide bonds. The Morgan fingerprint density at radius 1 is 1.24 bits per heavy atom. The highest BCUT2D eigenvalue weighted by Crippen LogP contribution is 2.36. The molecule has 2 rings (SSSR count). The Hall–Kier alpha value is -2.37. The van der Waals surface area contributed by atoms with Gasteiger partial charge in [0.2, 0.25) is 0 Å². The standard InChI is InChI=1S/C15H12F3NO2/c1-9-7-10(8-19-13(9)14(20)21-2)11-5-3-4-6-12(11)15(16,17)18/h3-8H,1-2H3. The predicted octanol–water partition coefficient (Wildman–Crippen LogP) is 3.86. The lowest BCUT2D eigenvalue weighted by molar-refractivity contribution is -0.137. The van der Waals surface area contributed by atoms with Crippen LogP contribution in [0, 0.1) is 6.92 Å². The SMILES string of the molecule is COC(=O)c1ncc(-c2ccccc2C(F)(F)F)cc1C. The van der Waals surface area contributed by atoms with Gasteiger partial charge in [-0.25, -0.2) is 9.78 Å². The van der Waals surface area contributed by atoms with Gasteiger partial charge in [-0.05, 0) is 30.2 Å². The van der Waals surface area contributed by atoms with Crippen LogP contribution < -0.4 is 0 Å². The molecule has 2 aromatic rings. The van der Waals surface area contributed by atoms with Crippen molar-refractivity contribution in [1.82, 2.24) is 4.98 Å². The van der Waals surface area contributed by atoms with Gasteiger partial charge in [0.25, 0.3) is 0 Å². The van der Waals surface area contributed by atoms with Gasteiger partial charge in [0, 0.05) is 11.8 Å². The van der Waals surface area contributed by atoms with E-state index in [9.17, 15) is 18.0 Å². The Morgan fingerprint density at radius 3 is 2.48 bits per heavy atom. The van der Waals surface area contributed by atoms with E-state index in [-0.39, 0.29) is 11.3 Å². The minimum Gasteiger partial charge on any atom is -0.464 e. The van der Waals surface area contributed by atoms with Crippen LogP contribution in [0.4, 0.5) is 13.2 Å².